The highest BCUT2D eigenvalue weighted by Crippen LogP contribution is 2.39. The second kappa shape index (κ2) is 6.24. The van der Waals surface area contributed by atoms with E-state index in [-0.39, 0.29) is 0 Å². The fourth-order valence-electron chi connectivity index (χ4n) is 3.57. The number of rotatable bonds is 4. The quantitative estimate of drug-likeness (QED) is 0.730. The third-order valence-electron chi connectivity index (χ3n) is 4.94. The maximum absolute atomic E-state index is 5.46. The smallest absolute Gasteiger partial charge is 0.231 e. The van der Waals surface area contributed by atoms with Crippen LogP contribution in [0.15, 0.2) is 48.5 Å². The number of hydrogen-bond acceptors (Lipinski definition) is 4. The third-order valence-corrected chi connectivity index (χ3v) is 4.94. The van der Waals surface area contributed by atoms with Gasteiger partial charge in [0.1, 0.15) is 11.6 Å². The molecule has 128 valence electrons. The van der Waals surface area contributed by atoms with Crippen LogP contribution in [0.2, 0.25) is 0 Å². The summed E-state index contributed by atoms with van der Waals surface area (Å²) in [5.41, 5.74) is 3.72. The number of hydrogen-bond donors (Lipinski definition) is 0. The van der Waals surface area contributed by atoms with Gasteiger partial charge in [-0.05, 0) is 17.7 Å². The van der Waals surface area contributed by atoms with Crippen molar-refractivity contribution in [2.24, 2.45) is 7.05 Å². The molecule has 3 aromatic rings. The van der Waals surface area contributed by atoms with Crippen LogP contribution in [0.1, 0.15) is 29.8 Å². The molecule has 0 radical (unpaired) electrons. The molecule has 0 spiro atoms. The van der Waals surface area contributed by atoms with Crippen LogP contribution in [-0.4, -0.2) is 28.4 Å². The van der Waals surface area contributed by atoms with E-state index in [4.69, 9.17) is 4.74 Å². The molecular formula is C20H22N4O. The Morgan fingerprint density at radius 1 is 1.08 bits per heavy atom. The van der Waals surface area contributed by atoms with Crippen molar-refractivity contribution in [1.82, 2.24) is 14.8 Å². The molecule has 0 amide bonds. The number of para-hydroxylation sites is 2. The van der Waals surface area contributed by atoms with Crippen molar-refractivity contribution in [2.75, 3.05) is 18.6 Å². The molecule has 0 saturated heterocycles. The van der Waals surface area contributed by atoms with E-state index < -0.39 is 0 Å². The van der Waals surface area contributed by atoms with Gasteiger partial charge >= 0.3 is 0 Å². The molecule has 5 heteroatoms. The van der Waals surface area contributed by atoms with Crippen LogP contribution < -0.4 is 9.64 Å². The van der Waals surface area contributed by atoms with Gasteiger partial charge in [-0.25, -0.2) is 0 Å². The van der Waals surface area contributed by atoms with E-state index in [1.54, 1.807) is 7.11 Å². The van der Waals surface area contributed by atoms with Gasteiger partial charge in [-0.15, -0.1) is 10.2 Å². The maximum atomic E-state index is 5.46. The molecule has 0 aliphatic carbocycles. The molecule has 2 heterocycles. The van der Waals surface area contributed by atoms with Crippen LogP contribution in [0.5, 0.6) is 5.75 Å². The first-order valence-electron chi connectivity index (χ1n) is 8.55. The van der Waals surface area contributed by atoms with Gasteiger partial charge in [0, 0.05) is 37.2 Å². The summed E-state index contributed by atoms with van der Waals surface area (Å²) >= 11 is 0. The van der Waals surface area contributed by atoms with E-state index in [1.165, 1.54) is 11.3 Å². The molecule has 2 aromatic carbocycles. The molecule has 0 saturated carbocycles. The van der Waals surface area contributed by atoms with Gasteiger partial charge in [0.2, 0.25) is 5.95 Å². The molecule has 0 fully saturated rings. The number of methoxy groups -OCH3 is 1. The lowest BCUT2D eigenvalue weighted by Gasteiger charge is -2.18. The van der Waals surface area contributed by atoms with Gasteiger partial charge in [0.05, 0.1) is 7.11 Å². The summed E-state index contributed by atoms with van der Waals surface area (Å²) in [6.07, 6.45) is 0.693. The van der Waals surface area contributed by atoms with Crippen molar-refractivity contribution in [3.63, 3.8) is 0 Å². The summed E-state index contributed by atoms with van der Waals surface area (Å²) < 4.78 is 7.54. The lowest BCUT2D eigenvalue weighted by atomic mass is 10.0. The van der Waals surface area contributed by atoms with Gasteiger partial charge < -0.3 is 9.64 Å². The Morgan fingerprint density at radius 2 is 1.84 bits per heavy atom. The molecule has 1 aromatic heterocycles. The first-order valence-corrected chi connectivity index (χ1v) is 8.55. The van der Waals surface area contributed by atoms with Crippen molar-refractivity contribution in [3.8, 4) is 5.75 Å². The number of anilines is 2. The Hall–Kier alpha value is -2.82. The van der Waals surface area contributed by atoms with Gasteiger partial charge in [-0.3, -0.25) is 4.57 Å². The molecule has 1 aliphatic heterocycles. The summed E-state index contributed by atoms with van der Waals surface area (Å²) in [6.45, 7) is 3.19. The minimum atomic E-state index is 0.491. The Labute approximate surface area is 147 Å². The van der Waals surface area contributed by atoms with E-state index in [2.05, 4.69) is 56.9 Å². The van der Waals surface area contributed by atoms with Crippen molar-refractivity contribution in [3.05, 3.63) is 65.5 Å². The minimum absolute atomic E-state index is 0.491. The number of fused-ring (bicyclic) bond motifs is 1. The summed E-state index contributed by atoms with van der Waals surface area (Å²) in [4.78, 5) is 2.26. The van der Waals surface area contributed by atoms with E-state index >= 15 is 0 Å². The number of nitrogens with zero attached hydrogens (tertiary/aromatic N) is 4. The SMILES string of the molecule is COc1ccccc1Cc1nnc(N2CC(C)c3ccccc32)n1C. The van der Waals surface area contributed by atoms with Crippen LogP contribution in [0.3, 0.4) is 0 Å². The normalized spacial score (nSPS) is 16.1. The fraction of sp³-hybridized carbons (Fsp3) is 0.300. The predicted molar refractivity (Wildman–Crippen MR) is 98.7 cm³/mol. The molecule has 0 bridgehead atoms. The fourth-order valence-corrected chi connectivity index (χ4v) is 3.57. The van der Waals surface area contributed by atoms with E-state index in [0.29, 0.717) is 12.3 Å². The predicted octanol–water partition coefficient (Wildman–Crippen LogP) is 3.67. The standard InChI is InChI=1S/C20H22N4O/c1-14-13-24(17-10-6-5-9-16(14)17)20-22-21-19(23(20)2)12-15-8-4-7-11-18(15)25-3/h4-11,14H,12-13H2,1-3H3. The van der Waals surface area contributed by atoms with E-state index in [1.807, 2.05) is 25.2 Å². The Bertz CT molecular complexity index is 902. The van der Waals surface area contributed by atoms with Crippen molar-refractivity contribution in [2.45, 2.75) is 19.3 Å². The zero-order valence-corrected chi connectivity index (χ0v) is 14.8. The van der Waals surface area contributed by atoms with Crippen molar-refractivity contribution in [1.29, 1.82) is 0 Å². The van der Waals surface area contributed by atoms with Crippen LogP contribution in [0, 0.1) is 0 Å². The molecule has 5 nitrogen and oxygen atoms in total. The highest BCUT2D eigenvalue weighted by Gasteiger charge is 2.29. The van der Waals surface area contributed by atoms with Gasteiger partial charge in [0.15, 0.2) is 0 Å². The zero-order valence-electron chi connectivity index (χ0n) is 14.8. The van der Waals surface area contributed by atoms with Crippen LogP contribution in [0.25, 0.3) is 0 Å². The molecular weight excluding hydrogens is 312 g/mol. The first-order chi connectivity index (χ1) is 12.2. The molecule has 25 heavy (non-hydrogen) atoms. The Balaban J connectivity index is 1.67. The second-order valence-electron chi connectivity index (χ2n) is 6.53. The Kier molecular flexibility index (Phi) is 3.92. The van der Waals surface area contributed by atoms with Crippen LogP contribution >= 0.6 is 0 Å². The monoisotopic (exact) mass is 334 g/mol. The van der Waals surface area contributed by atoms with Gasteiger partial charge in [-0.1, -0.05) is 43.3 Å². The minimum Gasteiger partial charge on any atom is -0.496 e. The maximum Gasteiger partial charge on any atom is 0.231 e. The average molecular weight is 334 g/mol. The summed E-state index contributed by atoms with van der Waals surface area (Å²) in [5.74, 6) is 3.19. The highest BCUT2D eigenvalue weighted by atomic mass is 16.5. The molecule has 4 rings (SSSR count). The molecule has 0 N–H and O–H groups in total. The molecule has 1 unspecified atom stereocenters. The largest absolute Gasteiger partial charge is 0.496 e. The average Bonchev–Trinajstić information content (AvgIpc) is 3.16. The molecule has 1 atom stereocenters. The molecule has 1 aliphatic rings. The topological polar surface area (TPSA) is 43.2 Å². The number of ether oxygens (including phenoxy) is 1. The van der Waals surface area contributed by atoms with Crippen LogP contribution in [-0.2, 0) is 13.5 Å². The Morgan fingerprint density at radius 3 is 2.68 bits per heavy atom. The van der Waals surface area contributed by atoms with E-state index in [0.717, 1.165) is 29.6 Å². The third kappa shape index (κ3) is 2.65. The van der Waals surface area contributed by atoms with Crippen molar-refractivity contribution >= 4 is 11.6 Å². The second-order valence-corrected chi connectivity index (χ2v) is 6.53. The summed E-state index contributed by atoms with van der Waals surface area (Å²) in [7, 11) is 3.73. The van der Waals surface area contributed by atoms with Gasteiger partial charge in [-0.2, -0.15) is 0 Å². The lowest BCUT2D eigenvalue weighted by Crippen LogP contribution is -2.19. The first kappa shape index (κ1) is 15.7. The number of aromatic nitrogens is 3. The summed E-state index contributed by atoms with van der Waals surface area (Å²) in [5, 5.41) is 8.93. The van der Waals surface area contributed by atoms with Crippen LogP contribution in [0.4, 0.5) is 11.6 Å². The van der Waals surface area contributed by atoms with Crippen molar-refractivity contribution < 1.29 is 4.74 Å². The van der Waals surface area contributed by atoms with E-state index in [9.17, 15) is 0 Å². The zero-order chi connectivity index (χ0) is 17.4. The summed E-state index contributed by atoms with van der Waals surface area (Å²) in [6, 6.07) is 16.6. The van der Waals surface area contributed by atoms with Gasteiger partial charge in [0.25, 0.3) is 0 Å². The lowest BCUT2D eigenvalue weighted by molar-refractivity contribution is 0.410. The number of benzene rings is 2. The highest BCUT2D eigenvalue weighted by molar-refractivity contribution is 5.67.